The molecule has 2 N–H and O–H groups in total. The molecule has 2 aromatic rings. The summed E-state index contributed by atoms with van der Waals surface area (Å²) >= 11 is 0. The molecule has 6 heteroatoms. The Bertz CT molecular complexity index is 456. The van der Waals surface area contributed by atoms with Gasteiger partial charge in [-0.2, -0.15) is 0 Å². The molecule has 0 aliphatic rings. The molecule has 1 atom stereocenters. The lowest BCUT2D eigenvalue weighted by Gasteiger charge is -2.14. The Labute approximate surface area is 99.4 Å². The van der Waals surface area contributed by atoms with Crippen molar-refractivity contribution in [3.05, 3.63) is 41.7 Å². The van der Waals surface area contributed by atoms with Crippen molar-refractivity contribution in [1.82, 2.24) is 20.2 Å². The summed E-state index contributed by atoms with van der Waals surface area (Å²) in [6.45, 7) is 1.07. The molecule has 6 nitrogen and oxygen atoms in total. The molecule has 0 amide bonds. The fourth-order valence-electron chi connectivity index (χ4n) is 1.70. The number of nitrogens with zero attached hydrogens (tertiary/aromatic N) is 4. The molecule has 0 saturated carbocycles. The molecule has 1 aromatic carbocycles. The first-order valence-corrected chi connectivity index (χ1v) is 5.40. The SMILES string of the molecule is COC(c1ccccc1)c1nnnn1CCN. The highest BCUT2D eigenvalue weighted by Crippen LogP contribution is 2.22. The highest BCUT2D eigenvalue weighted by atomic mass is 16.5. The molecule has 0 bridgehead atoms. The first-order valence-electron chi connectivity index (χ1n) is 5.40. The molecule has 0 aliphatic heterocycles. The molecule has 0 spiro atoms. The standard InChI is InChI=1S/C11H15N5O/c1-17-10(9-5-3-2-4-6-9)11-13-14-15-16(11)8-7-12/h2-6,10H,7-8,12H2,1H3. The van der Waals surface area contributed by atoms with Gasteiger partial charge in [-0.25, -0.2) is 4.68 Å². The van der Waals surface area contributed by atoms with Crippen LogP contribution in [-0.2, 0) is 11.3 Å². The summed E-state index contributed by atoms with van der Waals surface area (Å²) in [5.74, 6) is 0.671. The predicted octanol–water partition coefficient (Wildman–Crippen LogP) is 0.368. The van der Waals surface area contributed by atoms with Crippen molar-refractivity contribution in [3.63, 3.8) is 0 Å². The number of hydrogen-bond donors (Lipinski definition) is 1. The molecule has 0 radical (unpaired) electrons. The van der Waals surface area contributed by atoms with E-state index in [9.17, 15) is 0 Å². The Balaban J connectivity index is 2.32. The van der Waals surface area contributed by atoms with E-state index in [1.165, 1.54) is 0 Å². The lowest BCUT2D eigenvalue weighted by Crippen LogP contribution is -2.17. The third-order valence-electron chi connectivity index (χ3n) is 2.47. The van der Waals surface area contributed by atoms with E-state index >= 15 is 0 Å². The van der Waals surface area contributed by atoms with Crippen LogP contribution in [0.2, 0.25) is 0 Å². The molecule has 17 heavy (non-hydrogen) atoms. The van der Waals surface area contributed by atoms with Crippen molar-refractivity contribution in [2.45, 2.75) is 12.6 Å². The molecule has 2 rings (SSSR count). The largest absolute Gasteiger partial charge is 0.369 e. The van der Waals surface area contributed by atoms with Crippen LogP contribution in [-0.4, -0.2) is 33.9 Å². The van der Waals surface area contributed by atoms with Crippen LogP contribution >= 0.6 is 0 Å². The molecule has 1 aromatic heterocycles. The third-order valence-corrected chi connectivity index (χ3v) is 2.47. The maximum Gasteiger partial charge on any atom is 0.184 e. The predicted molar refractivity (Wildman–Crippen MR) is 62.2 cm³/mol. The van der Waals surface area contributed by atoms with Crippen molar-refractivity contribution < 1.29 is 4.74 Å². The van der Waals surface area contributed by atoms with Crippen LogP contribution in [0.4, 0.5) is 0 Å². The zero-order chi connectivity index (χ0) is 12.1. The molecule has 0 saturated heterocycles. The van der Waals surface area contributed by atoms with Crippen molar-refractivity contribution >= 4 is 0 Å². The van der Waals surface area contributed by atoms with E-state index in [1.807, 2.05) is 30.3 Å². The number of methoxy groups -OCH3 is 1. The molecule has 1 heterocycles. The Morgan fingerprint density at radius 3 is 2.76 bits per heavy atom. The Kier molecular flexibility index (Phi) is 3.79. The van der Waals surface area contributed by atoms with Crippen molar-refractivity contribution in [2.75, 3.05) is 13.7 Å². The molecule has 0 aliphatic carbocycles. The second kappa shape index (κ2) is 5.51. The van der Waals surface area contributed by atoms with Gasteiger partial charge >= 0.3 is 0 Å². The normalized spacial score (nSPS) is 12.6. The Morgan fingerprint density at radius 2 is 2.12 bits per heavy atom. The maximum atomic E-state index is 5.51. The average molecular weight is 233 g/mol. The van der Waals surface area contributed by atoms with Gasteiger partial charge in [-0.15, -0.1) is 5.10 Å². The van der Waals surface area contributed by atoms with Crippen molar-refractivity contribution in [2.24, 2.45) is 5.73 Å². The van der Waals surface area contributed by atoms with Crippen molar-refractivity contribution in [1.29, 1.82) is 0 Å². The number of nitrogens with two attached hydrogens (primary N) is 1. The molecule has 90 valence electrons. The summed E-state index contributed by atoms with van der Waals surface area (Å²) < 4.78 is 7.13. The molecule has 1 unspecified atom stereocenters. The maximum absolute atomic E-state index is 5.51. The van der Waals surface area contributed by atoms with E-state index in [-0.39, 0.29) is 6.10 Å². The minimum atomic E-state index is -0.266. The third kappa shape index (κ3) is 2.48. The number of rotatable bonds is 5. The smallest absolute Gasteiger partial charge is 0.184 e. The van der Waals surface area contributed by atoms with Crippen LogP contribution in [0.15, 0.2) is 30.3 Å². The fourth-order valence-corrected chi connectivity index (χ4v) is 1.70. The summed E-state index contributed by atoms with van der Waals surface area (Å²) in [5.41, 5.74) is 6.53. The van der Waals surface area contributed by atoms with Gasteiger partial charge in [0.15, 0.2) is 5.82 Å². The molecule has 0 fully saturated rings. The van der Waals surface area contributed by atoms with Crippen molar-refractivity contribution in [3.8, 4) is 0 Å². The highest BCUT2D eigenvalue weighted by molar-refractivity contribution is 5.22. The summed E-state index contributed by atoms with van der Waals surface area (Å²) in [5, 5.41) is 11.6. The zero-order valence-corrected chi connectivity index (χ0v) is 9.65. The summed E-state index contributed by atoms with van der Waals surface area (Å²) in [6, 6.07) is 9.83. The lowest BCUT2D eigenvalue weighted by molar-refractivity contribution is 0.124. The fraction of sp³-hybridized carbons (Fsp3) is 0.364. The van der Waals surface area contributed by atoms with Crippen LogP contribution < -0.4 is 5.73 Å². The lowest BCUT2D eigenvalue weighted by atomic mass is 10.1. The monoisotopic (exact) mass is 233 g/mol. The minimum Gasteiger partial charge on any atom is -0.369 e. The van der Waals surface area contributed by atoms with Gasteiger partial charge in [0, 0.05) is 13.7 Å². The number of tetrazole rings is 1. The summed E-state index contributed by atoms with van der Waals surface area (Å²) in [4.78, 5) is 0. The quantitative estimate of drug-likeness (QED) is 0.807. The number of ether oxygens (including phenoxy) is 1. The zero-order valence-electron chi connectivity index (χ0n) is 9.65. The van der Waals surface area contributed by atoms with Gasteiger partial charge in [-0.05, 0) is 16.0 Å². The van der Waals surface area contributed by atoms with Crippen LogP contribution in [0, 0.1) is 0 Å². The van der Waals surface area contributed by atoms with Gasteiger partial charge in [0.05, 0.1) is 6.54 Å². The van der Waals surface area contributed by atoms with Gasteiger partial charge in [-0.3, -0.25) is 0 Å². The van der Waals surface area contributed by atoms with Gasteiger partial charge in [0.2, 0.25) is 0 Å². The van der Waals surface area contributed by atoms with E-state index in [0.717, 1.165) is 5.56 Å². The van der Waals surface area contributed by atoms with Crippen LogP contribution in [0.5, 0.6) is 0 Å². The Morgan fingerprint density at radius 1 is 1.35 bits per heavy atom. The number of benzene rings is 1. The van der Waals surface area contributed by atoms with Gasteiger partial charge in [0.1, 0.15) is 6.10 Å². The van der Waals surface area contributed by atoms with Crippen LogP contribution in [0.3, 0.4) is 0 Å². The molecular weight excluding hydrogens is 218 g/mol. The van der Waals surface area contributed by atoms with E-state index in [4.69, 9.17) is 10.5 Å². The first-order chi connectivity index (χ1) is 8.36. The van der Waals surface area contributed by atoms with E-state index in [1.54, 1.807) is 11.8 Å². The van der Waals surface area contributed by atoms with E-state index < -0.39 is 0 Å². The van der Waals surface area contributed by atoms with Crippen LogP contribution in [0.1, 0.15) is 17.5 Å². The first kappa shape index (κ1) is 11.7. The van der Waals surface area contributed by atoms with Gasteiger partial charge in [0.25, 0.3) is 0 Å². The highest BCUT2D eigenvalue weighted by Gasteiger charge is 2.20. The minimum absolute atomic E-state index is 0.266. The van der Waals surface area contributed by atoms with E-state index in [2.05, 4.69) is 15.5 Å². The number of aromatic nitrogens is 4. The molecular formula is C11H15N5O. The van der Waals surface area contributed by atoms with Crippen LogP contribution in [0.25, 0.3) is 0 Å². The summed E-state index contributed by atoms with van der Waals surface area (Å²) in [6.07, 6.45) is -0.266. The van der Waals surface area contributed by atoms with Gasteiger partial charge in [-0.1, -0.05) is 30.3 Å². The van der Waals surface area contributed by atoms with Gasteiger partial charge < -0.3 is 10.5 Å². The second-order valence-corrected chi connectivity index (χ2v) is 3.58. The second-order valence-electron chi connectivity index (χ2n) is 3.58. The van der Waals surface area contributed by atoms with E-state index in [0.29, 0.717) is 18.9 Å². The number of hydrogen-bond acceptors (Lipinski definition) is 5. The average Bonchev–Trinajstić information content (AvgIpc) is 2.81. The summed E-state index contributed by atoms with van der Waals surface area (Å²) in [7, 11) is 1.64. The topological polar surface area (TPSA) is 78.9 Å². The Hall–Kier alpha value is -1.79.